The van der Waals surface area contributed by atoms with Crippen molar-refractivity contribution in [3.8, 4) is 0 Å². The molecule has 0 aromatic heterocycles. The van der Waals surface area contributed by atoms with Gasteiger partial charge in [0.2, 0.25) is 0 Å². The van der Waals surface area contributed by atoms with Gasteiger partial charge in [-0.15, -0.1) is 0 Å². The van der Waals surface area contributed by atoms with Crippen LogP contribution in [0.2, 0.25) is 0 Å². The van der Waals surface area contributed by atoms with Gasteiger partial charge in [0.15, 0.2) is 46.5 Å². The Balaban J connectivity index is 0.000000261. The molecule has 5 nitrogen and oxygen atoms in total. The number of methoxy groups -OCH3 is 1. The minimum absolute atomic E-state index is 0.483. The summed E-state index contributed by atoms with van der Waals surface area (Å²) < 4.78 is 117. The van der Waals surface area contributed by atoms with E-state index in [4.69, 9.17) is 0 Å². The van der Waals surface area contributed by atoms with Gasteiger partial charge >= 0.3 is 11.9 Å². The van der Waals surface area contributed by atoms with Gasteiger partial charge in [-0.2, -0.15) is 0 Å². The molecule has 2 aromatic rings. The van der Waals surface area contributed by atoms with Gasteiger partial charge in [0.05, 0.1) is 23.0 Å². The van der Waals surface area contributed by atoms with Crippen LogP contribution in [0.25, 0.3) is 0 Å². The number of benzene rings is 2. The maximum absolute atomic E-state index is 14.4. The fourth-order valence-corrected chi connectivity index (χ4v) is 7.28. The normalized spacial score (nSPS) is 25.2. The van der Waals surface area contributed by atoms with E-state index in [9.17, 15) is 54.9 Å². The zero-order valence-corrected chi connectivity index (χ0v) is 27.7. The summed E-state index contributed by atoms with van der Waals surface area (Å²) in [5.41, 5.74) is -8.01. The zero-order valence-electron chi connectivity index (χ0n) is 27.7. The average Bonchev–Trinajstić information content (AvgIpc) is 3.72. The van der Waals surface area contributed by atoms with Gasteiger partial charge in [-0.05, 0) is 56.3 Å². The van der Waals surface area contributed by atoms with Crippen molar-refractivity contribution in [2.45, 2.75) is 67.9 Å². The van der Waals surface area contributed by atoms with Crippen molar-refractivity contribution in [2.75, 3.05) is 7.11 Å². The minimum atomic E-state index is -1.58. The quantitative estimate of drug-likeness (QED) is 0.148. The number of carbonyl (C=O) groups is 2. The molecule has 2 N–H and O–H groups in total. The van der Waals surface area contributed by atoms with Gasteiger partial charge in [0, 0.05) is 23.8 Å². The minimum Gasteiger partial charge on any atom is -0.481 e. The topological polar surface area (TPSA) is 83.8 Å². The van der Waals surface area contributed by atoms with Crippen molar-refractivity contribution in [1.82, 2.24) is 0 Å². The SMILES string of the molecule is CC=CC1C(C)(C)C1(Cc1c(F)c(F)c(C)c(F)c1F)C(=O)O.CC=CC1C(C)(C)C1(Cc1c(F)c(F)c(COC)c(F)c1F)C(=O)O. The molecule has 2 saturated carbocycles. The Bertz CT molecular complexity index is 1640. The Hall–Kier alpha value is -3.74. The largest absolute Gasteiger partial charge is 0.481 e. The Morgan fingerprint density at radius 1 is 0.625 bits per heavy atom. The summed E-state index contributed by atoms with van der Waals surface area (Å²) in [4.78, 5) is 23.6. The van der Waals surface area contributed by atoms with Crippen LogP contribution < -0.4 is 0 Å². The Kier molecular flexibility index (Phi) is 10.7. The van der Waals surface area contributed by atoms with Crippen LogP contribution in [0.3, 0.4) is 0 Å². The van der Waals surface area contributed by atoms with Crippen LogP contribution >= 0.6 is 0 Å². The molecule has 0 bridgehead atoms. The van der Waals surface area contributed by atoms with Crippen LogP contribution in [0.1, 0.15) is 63.8 Å². The van der Waals surface area contributed by atoms with Gasteiger partial charge in [-0.25, -0.2) is 35.1 Å². The second-order valence-corrected chi connectivity index (χ2v) is 13.4. The molecular weight excluding hydrogens is 652 g/mol. The molecule has 0 spiro atoms. The molecule has 0 amide bonds. The molecule has 2 fully saturated rings. The first-order chi connectivity index (χ1) is 22.1. The summed E-state index contributed by atoms with van der Waals surface area (Å²) >= 11 is 0. The summed E-state index contributed by atoms with van der Waals surface area (Å²) in [7, 11) is 1.14. The first kappa shape index (κ1) is 38.7. The Morgan fingerprint density at radius 2 is 0.917 bits per heavy atom. The lowest BCUT2D eigenvalue weighted by Gasteiger charge is -2.18. The molecule has 0 saturated heterocycles. The maximum Gasteiger partial charge on any atom is 0.311 e. The number of halogens is 8. The highest BCUT2D eigenvalue weighted by Crippen LogP contribution is 2.72. The van der Waals surface area contributed by atoms with E-state index >= 15 is 0 Å². The first-order valence-corrected chi connectivity index (χ1v) is 15.0. The summed E-state index contributed by atoms with van der Waals surface area (Å²) in [6, 6.07) is 0. The lowest BCUT2D eigenvalue weighted by Crippen LogP contribution is -2.26. The van der Waals surface area contributed by atoms with Gasteiger partial charge in [0.1, 0.15) is 0 Å². The molecule has 0 radical (unpaired) electrons. The number of ether oxygens (including phenoxy) is 1. The predicted octanol–water partition coefficient (Wildman–Crippen LogP) is 8.63. The number of carboxylic acids is 2. The van der Waals surface area contributed by atoms with Crippen molar-refractivity contribution in [3.63, 3.8) is 0 Å². The molecule has 0 aliphatic heterocycles. The number of rotatable bonds is 10. The monoisotopic (exact) mass is 690 g/mol. The third kappa shape index (κ3) is 5.61. The summed E-state index contributed by atoms with van der Waals surface area (Å²) in [5.74, 6) is -15.8. The summed E-state index contributed by atoms with van der Waals surface area (Å²) in [5, 5.41) is 19.3. The lowest BCUT2D eigenvalue weighted by molar-refractivity contribution is -0.146. The molecule has 4 atom stereocenters. The van der Waals surface area contributed by atoms with Crippen LogP contribution in [0, 0.1) is 87.0 Å². The highest BCUT2D eigenvalue weighted by molar-refractivity contribution is 5.83. The van der Waals surface area contributed by atoms with E-state index in [1.165, 1.54) is 0 Å². The smallest absolute Gasteiger partial charge is 0.311 e. The zero-order chi connectivity index (χ0) is 36.9. The van der Waals surface area contributed by atoms with Gasteiger partial charge in [-0.3, -0.25) is 9.59 Å². The summed E-state index contributed by atoms with van der Waals surface area (Å²) in [6.45, 7) is 10.3. The van der Waals surface area contributed by atoms with E-state index in [1.54, 1.807) is 65.8 Å². The molecule has 2 aliphatic rings. The van der Waals surface area contributed by atoms with E-state index in [0.717, 1.165) is 14.0 Å². The third-order valence-electron chi connectivity index (χ3n) is 10.5. The van der Waals surface area contributed by atoms with Gasteiger partial charge in [0.25, 0.3) is 0 Å². The van der Waals surface area contributed by atoms with E-state index in [1.807, 2.05) is 0 Å². The number of allylic oxidation sites excluding steroid dienone is 4. The molecule has 2 aliphatic carbocycles. The second kappa shape index (κ2) is 13.3. The third-order valence-corrected chi connectivity index (χ3v) is 10.5. The Morgan fingerprint density at radius 3 is 1.19 bits per heavy atom. The standard InChI is InChI=1S/C18H20F4O3.C17H18F4O2/c1-5-6-11-17(2,3)18(11,16(23)24)7-9-12(19)14(21)10(8-25-4)15(22)13(9)20;1-5-6-10-16(3,4)17(10,15(22)23)7-9-13(20)11(18)8(2)12(19)14(9)21/h5-6,11H,7-8H2,1-4H3,(H,23,24);5-6,10H,7H2,1-4H3,(H,22,23). The lowest BCUT2D eigenvalue weighted by atomic mass is 9.87. The molecule has 4 rings (SSSR count). The van der Waals surface area contributed by atoms with E-state index in [0.29, 0.717) is 0 Å². The number of carboxylic acid groups (broad SMARTS) is 2. The fourth-order valence-electron chi connectivity index (χ4n) is 7.28. The molecule has 13 heteroatoms. The molecule has 2 aromatic carbocycles. The highest BCUT2D eigenvalue weighted by Gasteiger charge is 2.75. The van der Waals surface area contributed by atoms with E-state index < -0.39 is 134 Å². The van der Waals surface area contributed by atoms with E-state index in [2.05, 4.69) is 4.74 Å². The number of hydrogen-bond acceptors (Lipinski definition) is 3. The van der Waals surface area contributed by atoms with Crippen LogP contribution in [0.15, 0.2) is 24.3 Å². The van der Waals surface area contributed by atoms with Crippen LogP contribution in [-0.2, 0) is 33.8 Å². The average molecular weight is 691 g/mol. The highest BCUT2D eigenvalue weighted by atomic mass is 19.2. The second-order valence-electron chi connectivity index (χ2n) is 13.4. The first-order valence-electron chi connectivity index (χ1n) is 15.0. The van der Waals surface area contributed by atoms with Crippen LogP contribution in [-0.4, -0.2) is 29.3 Å². The van der Waals surface area contributed by atoms with Crippen molar-refractivity contribution < 1.29 is 59.7 Å². The fraction of sp³-hybridized carbons (Fsp3) is 0.486. The summed E-state index contributed by atoms with van der Waals surface area (Å²) in [6.07, 6.45) is 5.31. The molecule has 0 heterocycles. The van der Waals surface area contributed by atoms with Gasteiger partial charge < -0.3 is 14.9 Å². The van der Waals surface area contributed by atoms with Crippen LogP contribution in [0.4, 0.5) is 35.1 Å². The number of aliphatic carboxylic acids is 2. The molecule has 264 valence electrons. The Labute approximate surface area is 273 Å². The predicted molar refractivity (Wildman–Crippen MR) is 160 cm³/mol. The maximum atomic E-state index is 14.4. The van der Waals surface area contributed by atoms with Crippen molar-refractivity contribution >= 4 is 11.9 Å². The molecule has 4 unspecified atom stereocenters. The van der Waals surface area contributed by atoms with Gasteiger partial charge in [-0.1, -0.05) is 52.0 Å². The van der Waals surface area contributed by atoms with Crippen molar-refractivity contribution in [3.05, 3.63) is 93.1 Å². The van der Waals surface area contributed by atoms with E-state index in [-0.39, 0.29) is 0 Å². The number of hydrogen-bond donors (Lipinski definition) is 2. The van der Waals surface area contributed by atoms with Crippen molar-refractivity contribution in [2.24, 2.45) is 33.5 Å². The van der Waals surface area contributed by atoms with Crippen molar-refractivity contribution in [1.29, 1.82) is 0 Å². The molecule has 48 heavy (non-hydrogen) atoms. The molecular formula is C35H38F8O5. The van der Waals surface area contributed by atoms with Crippen LogP contribution in [0.5, 0.6) is 0 Å².